The summed E-state index contributed by atoms with van der Waals surface area (Å²) in [5.74, 6) is 0.901. The molecule has 146 valence electrons. The van der Waals surface area contributed by atoms with Crippen molar-refractivity contribution in [2.24, 2.45) is 0 Å². The fraction of sp³-hybridized carbons (Fsp3) is 0.211. The monoisotopic (exact) mass is 419 g/mol. The van der Waals surface area contributed by atoms with Gasteiger partial charge in [-0.2, -0.15) is 0 Å². The molecule has 7 nitrogen and oxygen atoms in total. The molecule has 0 aliphatic carbocycles. The van der Waals surface area contributed by atoms with E-state index in [0.717, 1.165) is 16.3 Å². The highest BCUT2D eigenvalue weighted by Crippen LogP contribution is 2.27. The number of thioether (sulfide) groups is 1. The van der Waals surface area contributed by atoms with Gasteiger partial charge in [0, 0.05) is 17.1 Å². The minimum atomic E-state index is -0.724. The highest BCUT2D eigenvalue weighted by molar-refractivity contribution is 8.00. The van der Waals surface area contributed by atoms with E-state index in [4.69, 9.17) is 18.6 Å². The molecule has 2 heterocycles. The Hall–Kier alpha value is -2.78. The number of rotatable bonds is 8. The van der Waals surface area contributed by atoms with Crippen LogP contribution in [0, 0.1) is 6.92 Å². The van der Waals surface area contributed by atoms with E-state index in [1.807, 2.05) is 12.3 Å². The van der Waals surface area contributed by atoms with Crippen LogP contribution in [0.4, 0.5) is 0 Å². The molecule has 9 heteroatoms. The first-order valence-electron chi connectivity index (χ1n) is 8.18. The number of nitrogens with zero attached hydrogens (tertiary/aromatic N) is 1. The highest BCUT2D eigenvalue weighted by Gasteiger charge is 2.13. The molecule has 3 rings (SSSR count). The molecule has 0 saturated carbocycles. The number of carbonyl (C=O) groups is 1. The maximum absolute atomic E-state index is 12.1. The van der Waals surface area contributed by atoms with Gasteiger partial charge in [0.25, 0.3) is 0 Å². The number of methoxy groups -OCH3 is 1. The Kier molecular flexibility index (Phi) is 6.72. The highest BCUT2D eigenvalue weighted by atomic mass is 32.2. The van der Waals surface area contributed by atoms with Gasteiger partial charge in [-0.3, -0.25) is 4.79 Å². The number of benzene rings is 1. The van der Waals surface area contributed by atoms with E-state index in [2.05, 4.69) is 4.98 Å². The van der Waals surface area contributed by atoms with Crippen LogP contribution in [-0.2, 0) is 10.5 Å². The SMILES string of the molecule is COc1ccccc1OCC(=O)Oc1coc(CSc2nc(C)cs2)cc1=O. The maximum Gasteiger partial charge on any atom is 0.349 e. The Morgan fingerprint density at radius 1 is 1.25 bits per heavy atom. The van der Waals surface area contributed by atoms with Crippen LogP contribution in [0.25, 0.3) is 0 Å². The Bertz CT molecular complexity index is 1010. The molecule has 0 aliphatic heterocycles. The zero-order valence-corrected chi connectivity index (χ0v) is 16.8. The van der Waals surface area contributed by atoms with E-state index in [-0.39, 0.29) is 12.4 Å². The number of esters is 1. The third-order valence-electron chi connectivity index (χ3n) is 3.43. The number of aryl methyl sites for hydroxylation is 1. The fourth-order valence-corrected chi connectivity index (χ4v) is 3.89. The molecule has 0 radical (unpaired) electrons. The van der Waals surface area contributed by atoms with Crippen molar-refractivity contribution in [1.82, 2.24) is 4.98 Å². The van der Waals surface area contributed by atoms with Crippen LogP contribution in [-0.4, -0.2) is 24.7 Å². The molecule has 0 saturated heterocycles. The van der Waals surface area contributed by atoms with E-state index >= 15 is 0 Å². The van der Waals surface area contributed by atoms with Gasteiger partial charge in [-0.1, -0.05) is 23.9 Å². The summed E-state index contributed by atoms with van der Waals surface area (Å²) in [6, 6.07) is 8.21. The molecule has 1 aromatic carbocycles. The van der Waals surface area contributed by atoms with Crippen LogP contribution in [0.1, 0.15) is 11.5 Å². The van der Waals surface area contributed by atoms with E-state index < -0.39 is 11.4 Å². The molecule has 2 aromatic heterocycles. The van der Waals surface area contributed by atoms with Crippen LogP contribution in [0.3, 0.4) is 0 Å². The molecule has 3 aromatic rings. The first-order valence-corrected chi connectivity index (χ1v) is 10.0. The molecular weight excluding hydrogens is 402 g/mol. The summed E-state index contributed by atoms with van der Waals surface area (Å²) in [7, 11) is 1.50. The number of hydrogen-bond acceptors (Lipinski definition) is 9. The van der Waals surface area contributed by atoms with E-state index in [0.29, 0.717) is 23.0 Å². The Morgan fingerprint density at radius 2 is 2.04 bits per heavy atom. The van der Waals surface area contributed by atoms with Gasteiger partial charge in [-0.25, -0.2) is 9.78 Å². The van der Waals surface area contributed by atoms with E-state index in [1.54, 1.807) is 24.3 Å². The third-order valence-corrected chi connectivity index (χ3v) is 5.59. The van der Waals surface area contributed by atoms with Gasteiger partial charge in [0.05, 0.1) is 12.9 Å². The molecular formula is C19H17NO6S2. The number of carbonyl (C=O) groups excluding carboxylic acids is 1. The second kappa shape index (κ2) is 9.43. The van der Waals surface area contributed by atoms with Gasteiger partial charge in [0.1, 0.15) is 12.0 Å². The second-order valence-electron chi connectivity index (χ2n) is 5.53. The largest absolute Gasteiger partial charge is 0.493 e. The van der Waals surface area contributed by atoms with Gasteiger partial charge in [0.2, 0.25) is 11.2 Å². The molecule has 0 atom stereocenters. The zero-order chi connectivity index (χ0) is 19.9. The topological polar surface area (TPSA) is 87.9 Å². The quantitative estimate of drug-likeness (QED) is 0.404. The molecule has 0 spiro atoms. The van der Waals surface area contributed by atoms with Crippen LogP contribution >= 0.6 is 23.1 Å². The maximum atomic E-state index is 12.1. The first-order chi connectivity index (χ1) is 13.5. The van der Waals surface area contributed by atoms with Gasteiger partial charge < -0.3 is 18.6 Å². The summed E-state index contributed by atoms with van der Waals surface area (Å²) >= 11 is 3.00. The molecule has 0 unspecified atom stereocenters. The number of thiazole rings is 1. The van der Waals surface area contributed by atoms with Crippen molar-refractivity contribution in [1.29, 1.82) is 0 Å². The van der Waals surface area contributed by atoms with Gasteiger partial charge >= 0.3 is 5.97 Å². The van der Waals surface area contributed by atoms with Crippen molar-refractivity contribution in [3.05, 3.63) is 63.7 Å². The van der Waals surface area contributed by atoms with Crippen molar-refractivity contribution >= 4 is 29.1 Å². The summed E-state index contributed by atoms with van der Waals surface area (Å²) in [6.45, 7) is 1.54. The average molecular weight is 419 g/mol. The van der Waals surface area contributed by atoms with Crippen LogP contribution in [0.2, 0.25) is 0 Å². The molecule has 0 aliphatic rings. The van der Waals surface area contributed by atoms with E-state index in [9.17, 15) is 9.59 Å². The molecule has 28 heavy (non-hydrogen) atoms. The number of para-hydroxylation sites is 2. The molecule has 0 N–H and O–H groups in total. The second-order valence-corrected chi connectivity index (χ2v) is 7.61. The number of aromatic nitrogens is 1. The summed E-state index contributed by atoms with van der Waals surface area (Å²) in [5.41, 5.74) is 0.509. The van der Waals surface area contributed by atoms with Crippen molar-refractivity contribution in [2.45, 2.75) is 17.0 Å². The van der Waals surface area contributed by atoms with Crippen molar-refractivity contribution < 1.29 is 23.4 Å². The molecule has 0 bridgehead atoms. The Morgan fingerprint density at radius 3 is 2.71 bits per heavy atom. The lowest BCUT2D eigenvalue weighted by molar-refractivity contribution is -0.136. The number of hydrogen-bond donors (Lipinski definition) is 0. The fourth-order valence-electron chi connectivity index (χ4n) is 2.15. The smallest absolute Gasteiger partial charge is 0.349 e. The predicted octanol–water partition coefficient (Wildman–Crippen LogP) is 3.69. The summed E-state index contributed by atoms with van der Waals surface area (Å²) in [4.78, 5) is 28.4. The lowest BCUT2D eigenvalue weighted by Gasteiger charge is -2.09. The lowest BCUT2D eigenvalue weighted by Crippen LogP contribution is -2.21. The zero-order valence-electron chi connectivity index (χ0n) is 15.2. The molecule has 0 amide bonds. The van der Waals surface area contributed by atoms with Crippen molar-refractivity contribution in [2.75, 3.05) is 13.7 Å². The third kappa shape index (κ3) is 5.37. The predicted molar refractivity (Wildman–Crippen MR) is 106 cm³/mol. The van der Waals surface area contributed by atoms with Crippen LogP contribution < -0.4 is 19.6 Å². The minimum absolute atomic E-state index is 0.188. The minimum Gasteiger partial charge on any atom is -0.493 e. The average Bonchev–Trinajstić information content (AvgIpc) is 3.12. The van der Waals surface area contributed by atoms with Crippen molar-refractivity contribution in [3.8, 4) is 17.2 Å². The standard InChI is InChI=1S/C19H17NO6S2/c1-12-10-27-19(20-12)28-11-13-7-14(21)17(8-24-13)26-18(22)9-25-16-6-4-3-5-15(16)23-2/h3-8,10H,9,11H2,1-2H3. The Labute approximate surface area is 169 Å². The van der Waals surface area contributed by atoms with Gasteiger partial charge in [-0.15, -0.1) is 11.3 Å². The lowest BCUT2D eigenvalue weighted by atomic mass is 10.3. The van der Waals surface area contributed by atoms with Crippen LogP contribution in [0.15, 0.2) is 55.5 Å². The van der Waals surface area contributed by atoms with E-state index in [1.165, 1.54) is 36.3 Å². The summed E-state index contributed by atoms with van der Waals surface area (Å²) in [5, 5.41) is 1.95. The number of ether oxygens (including phenoxy) is 3. The normalized spacial score (nSPS) is 10.5. The summed E-state index contributed by atoms with van der Waals surface area (Å²) < 4.78 is 21.8. The van der Waals surface area contributed by atoms with Gasteiger partial charge in [0.15, 0.2) is 22.4 Å². The van der Waals surface area contributed by atoms with Crippen molar-refractivity contribution in [3.63, 3.8) is 0 Å². The van der Waals surface area contributed by atoms with Gasteiger partial charge in [-0.05, 0) is 19.1 Å². The summed E-state index contributed by atoms with van der Waals surface area (Å²) in [6.07, 6.45) is 1.13. The first kappa shape index (κ1) is 20.0. The molecule has 0 fully saturated rings. The Balaban J connectivity index is 1.55. The van der Waals surface area contributed by atoms with Crippen LogP contribution in [0.5, 0.6) is 17.2 Å².